The van der Waals surface area contributed by atoms with Crippen LogP contribution in [0, 0.1) is 11.6 Å². The van der Waals surface area contributed by atoms with Gasteiger partial charge in [0.2, 0.25) is 0 Å². The summed E-state index contributed by atoms with van der Waals surface area (Å²) in [6, 6.07) is 10.3. The third kappa shape index (κ3) is 3.13. The number of amides is 1. The summed E-state index contributed by atoms with van der Waals surface area (Å²) in [4.78, 5) is 16.4. The molecule has 1 aliphatic heterocycles. The van der Waals surface area contributed by atoms with Crippen molar-refractivity contribution in [3.8, 4) is 16.9 Å². The molecule has 0 atom stereocenters. The number of carbonyl (C=O) groups is 1. The zero-order valence-electron chi connectivity index (χ0n) is 13.6. The fraction of sp³-hybridized carbons (Fsp3) is 0.100. The zero-order chi connectivity index (χ0) is 18.1. The number of aromatic nitrogens is 1. The van der Waals surface area contributed by atoms with Gasteiger partial charge in [0, 0.05) is 41.7 Å². The second-order valence-electron chi connectivity index (χ2n) is 5.99. The van der Waals surface area contributed by atoms with Crippen LogP contribution in [0.15, 0.2) is 54.9 Å². The van der Waals surface area contributed by atoms with Gasteiger partial charge in [-0.1, -0.05) is 0 Å². The van der Waals surface area contributed by atoms with Crippen molar-refractivity contribution in [1.82, 2.24) is 10.3 Å². The largest absolute Gasteiger partial charge is 0.488 e. The first-order valence-corrected chi connectivity index (χ1v) is 8.03. The van der Waals surface area contributed by atoms with E-state index in [-0.39, 0.29) is 12.5 Å². The summed E-state index contributed by atoms with van der Waals surface area (Å²) < 4.78 is 32.1. The third-order valence-electron chi connectivity index (χ3n) is 4.20. The lowest BCUT2D eigenvalue weighted by molar-refractivity contribution is 0.0950. The minimum absolute atomic E-state index is 0.0277. The molecule has 2 heterocycles. The van der Waals surface area contributed by atoms with E-state index in [9.17, 15) is 13.6 Å². The molecule has 26 heavy (non-hydrogen) atoms. The van der Waals surface area contributed by atoms with Crippen molar-refractivity contribution in [2.75, 3.05) is 0 Å². The number of benzene rings is 2. The van der Waals surface area contributed by atoms with Crippen molar-refractivity contribution in [3.05, 3.63) is 83.2 Å². The summed E-state index contributed by atoms with van der Waals surface area (Å²) in [6.45, 7) is 0.420. The van der Waals surface area contributed by atoms with E-state index >= 15 is 0 Å². The van der Waals surface area contributed by atoms with E-state index < -0.39 is 11.6 Å². The number of nitrogens with zero attached hydrogens (tertiary/aromatic N) is 1. The van der Waals surface area contributed by atoms with Gasteiger partial charge in [-0.3, -0.25) is 9.78 Å². The second-order valence-corrected chi connectivity index (χ2v) is 5.99. The number of hydrogen-bond acceptors (Lipinski definition) is 3. The van der Waals surface area contributed by atoms with Crippen LogP contribution in [-0.2, 0) is 13.2 Å². The Bertz CT molecular complexity index is 985. The molecular weight excluding hydrogens is 338 g/mol. The maximum Gasteiger partial charge on any atom is 0.251 e. The first kappa shape index (κ1) is 16.2. The van der Waals surface area contributed by atoms with E-state index in [1.165, 1.54) is 12.1 Å². The topological polar surface area (TPSA) is 51.2 Å². The Balaban J connectivity index is 1.53. The quantitative estimate of drug-likeness (QED) is 0.779. The summed E-state index contributed by atoms with van der Waals surface area (Å²) in [7, 11) is 0. The van der Waals surface area contributed by atoms with E-state index in [1.54, 1.807) is 24.5 Å². The number of carbonyl (C=O) groups excluding carboxylic acids is 1. The van der Waals surface area contributed by atoms with E-state index in [0.717, 1.165) is 22.8 Å². The Morgan fingerprint density at radius 2 is 1.88 bits per heavy atom. The number of halogens is 2. The molecule has 0 bridgehead atoms. The SMILES string of the molecule is O=C(NCc1cc(F)cc(F)c1)c1ccc2c(c1)OCc1cnccc1-2. The molecule has 0 saturated heterocycles. The van der Waals surface area contributed by atoms with Crippen molar-refractivity contribution < 1.29 is 18.3 Å². The number of ether oxygens (including phenoxy) is 1. The van der Waals surface area contributed by atoms with Crippen LogP contribution in [0.3, 0.4) is 0 Å². The van der Waals surface area contributed by atoms with Crippen LogP contribution in [0.1, 0.15) is 21.5 Å². The predicted octanol–water partition coefficient (Wildman–Crippen LogP) is 3.85. The Labute approximate surface area is 148 Å². The number of fused-ring (bicyclic) bond motifs is 3. The minimum Gasteiger partial charge on any atom is -0.488 e. The fourth-order valence-electron chi connectivity index (χ4n) is 2.96. The molecule has 3 aromatic rings. The van der Waals surface area contributed by atoms with Gasteiger partial charge in [-0.15, -0.1) is 0 Å². The Hall–Kier alpha value is -3.28. The fourth-order valence-corrected chi connectivity index (χ4v) is 2.96. The first-order valence-electron chi connectivity index (χ1n) is 8.03. The lowest BCUT2D eigenvalue weighted by atomic mass is 9.97. The van der Waals surface area contributed by atoms with Crippen molar-refractivity contribution in [3.63, 3.8) is 0 Å². The number of nitrogens with one attached hydrogen (secondary N) is 1. The Morgan fingerprint density at radius 1 is 1.08 bits per heavy atom. The molecule has 0 spiro atoms. The molecule has 1 aromatic heterocycles. The van der Waals surface area contributed by atoms with E-state index in [2.05, 4.69) is 10.3 Å². The molecule has 1 aliphatic rings. The van der Waals surface area contributed by atoms with Crippen molar-refractivity contribution in [2.24, 2.45) is 0 Å². The molecule has 4 nitrogen and oxygen atoms in total. The van der Waals surface area contributed by atoms with Crippen LogP contribution in [0.2, 0.25) is 0 Å². The number of pyridine rings is 1. The molecule has 4 rings (SSSR count). The van der Waals surface area contributed by atoms with E-state index in [4.69, 9.17) is 4.74 Å². The predicted molar refractivity (Wildman–Crippen MR) is 91.5 cm³/mol. The van der Waals surface area contributed by atoms with E-state index in [0.29, 0.717) is 23.5 Å². The molecule has 0 saturated carbocycles. The molecule has 1 N–H and O–H groups in total. The normalized spacial score (nSPS) is 11.9. The molecule has 6 heteroatoms. The highest BCUT2D eigenvalue weighted by Crippen LogP contribution is 2.37. The number of rotatable bonds is 3. The van der Waals surface area contributed by atoms with Crippen LogP contribution in [0.25, 0.3) is 11.1 Å². The average molecular weight is 352 g/mol. The average Bonchev–Trinajstić information content (AvgIpc) is 2.65. The minimum atomic E-state index is -0.676. The summed E-state index contributed by atoms with van der Waals surface area (Å²) in [5, 5.41) is 2.66. The smallest absolute Gasteiger partial charge is 0.251 e. The first-order chi connectivity index (χ1) is 12.6. The lowest BCUT2D eigenvalue weighted by Crippen LogP contribution is -2.23. The summed E-state index contributed by atoms with van der Waals surface area (Å²) >= 11 is 0. The van der Waals surface area contributed by atoms with Crippen molar-refractivity contribution in [1.29, 1.82) is 0 Å². The van der Waals surface area contributed by atoms with Gasteiger partial charge in [-0.05, 0) is 47.5 Å². The molecule has 0 fully saturated rings. The Morgan fingerprint density at radius 3 is 2.69 bits per heavy atom. The van der Waals surface area contributed by atoms with Gasteiger partial charge in [0.25, 0.3) is 5.91 Å². The van der Waals surface area contributed by atoms with Gasteiger partial charge in [0.05, 0.1) is 0 Å². The van der Waals surface area contributed by atoms with Gasteiger partial charge < -0.3 is 10.1 Å². The standard InChI is InChI=1S/C20H14F2N2O2/c21-15-5-12(6-16(22)8-15)9-24-20(25)13-1-2-18-17-3-4-23-10-14(17)11-26-19(18)7-13/h1-8,10H,9,11H2,(H,24,25). The molecule has 0 radical (unpaired) electrons. The molecular formula is C20H14F2N2O2. The zero-order valence-corrected chi connectivity index (χ0v) is 13.6. The maximum absolute atomic E-state index is 13.2. The van der Waals surface area contributed by atoms with Gasteiger partial charge >= 0.3 is 0 Å². The Kier molecular flexibility index (Phi) is 4.08. The van der Waals surface area contributed by atoms with Gasteiger partial charge in [-0.2, -0.15) is 0 Å². The van der Waals surface area contributed by atoms with E-state index in [1.807, 2.05) is 12.1 Å². The van der Waals surface area contributed by atoms with Crippen LogP contribution < -0.4 is 10.1 Å². The van der Waals surface area contributed by atoms with Gasteiger partial charge in [0.1, 0.15) is 24.0 Å². The lowest BCUT2D eigenvalue weighted by Gasteiger charge is -2.20. The molecule has 0 aliphatic carbocycles. The molecule has 1 amide bonds. The van der Waals surface area contributed by atoms with Crippen LogP contribution in [0.5, 0.6) is 5.75 Å². The van der Waals surface area contributed by atoms with Crippen molar-refractivity contribution in [2.45, 2.75) is 13.2 Å². The van der Waals surface area contributed by atoms with Crippen LogP contribution in [0.4, 0.5) is 8.78 Å². The molecule has 2 aromatic carbocycles. The summed E-state index contributed by atoms with van der Waals surface area (Å²) in [6.07, 6.45) is 3.48. The maximum atomic E-state index is 13.2. The van der Waals surface area contributed by atoms with Gasteiger partial charge in [-0.25, -0.2) is 8.78 Å². The highest BCUT2D eigenvalue weighted by molar-refractivity contribution is 5.95. The molecule has 130 valence electrons. The third-order valence-corrected chi connectivity index (χ3v) is 4.20. The van der Waals surface area contributed by atoms with Crippen LogP contribution >= 0.6 is 0 Å². The highest BCUT2D eigenvalue weighted by Gasteiger charge is 2.19. The highest BCUT2D eigenvalue weighted by atomic mass is 19.1. The van der Waals surface area contributed by atoms with Crippen molar-refractivity contribution >= 4 is 5.91 Å². The summed E-state index contributed by atoms with van der Waals surface area (Å²) in [5.74, 6) is -1.08. The van der Waals surface area contributed by atoms with Gasteiger partial charge in [0.15, 0.2) is 0 Å². The molecule has 0 unspecified atom stereocenters. The van der Waals surface area contributed by atoms with Crippen LogP contribution in [-0.4, -0.2) is 10.9 Å². The monoisotopic (exact) mass is 352 g/mol. The number of hydrogen-bond donors (Lipinski definition) is 1. The second kappa shape index (κ2) is 6.55. The summed E-state index contributed by atoms with van der Waals surface area (Å²) in [5.41, 5.74) is 3.69.